The van der Waals surface area contributed by atoms with Gasteiger partial charge in [0.05, 0.1) is 12.1 Å². The van der Waals surface area contributed by atoms with Crippen molar-refractivity contribution in [2.45, 2.75) is 136 Å². The molecule has 27 heavy (non-hydrogen) atoms. The summed E-state index contributed by atoms with van der Waals surface area (Å²) in [6.45, 7) is 6.27. The minimum atomic E-state index is -0.416. The SMILES string of the molecule is CCCC=CCCCCCCCCCCC(O)C(C)NC(=O)CCCCC. The van der Waals surface area contributed by atoms with Gasteiger partial charge in [0.1, 0.15) is 0 Å². The van der Waals surface area contributed by atoms with E-state index >= 15 is 0 Å². The number of hydrogen-bond acceptors (Lipinski definition) is 2. The highest BCUT2D eigenvalue weighted by Gasteiger charge is 2.15. The van der Waals surface area contributed by atoms with Crippen LogP contribution >= 0.6 is 0 Å². The largest absolute Gasteiger partial charge is 0.391 e. The first-order chi connectivity index (χ1) is 13.1. The lowest BCUT2D eigenvalue weighted by molar-refractivity contribution is -0.122. The zero-order valence-electron chi connectivity index (χ0n) is 18.5. The number of hydrogen-bond donors (Lipinski definition) is 2. The molecule has 0 aliphatic rings. The van der Waals surface area contributed by atoms with E-state index in [1.165, 1.54) is 64.2 Å². The first kappa shape index (κ1) is 26.2. The Morgan fingerprint density at radius 1 is 0.815 bits per heavy atom. The van der Waals surface area contributed by atoms with Gasteiger partial charge in [0.25, 0.3) is 0 Å². The molecule has 3 heteroatoms. The molecular formula is C24H47NO2. The summed E-state index contributed by atoms with van der Waals surface area (Å²) in [6, 6.07) is -0.134. The number of allylic oxidation sites excluding steroid dienone is 2. The van der Waals surface area contributed by atoms with Crippen LogP contribution in [0.5, 0.6) is 0 Å². The second-order valence-corrected chi connectivity index (χ2v) is 8.05. The highest BCUT2D eigenvalue weighted by Crippen LogP contribution is 2.13. The van der Waals surface area contributed by atoms with E-state index in [2.05, 4.69) is 31.3 Å². The molecule has 2 unspecified atom stereocenters. The fourth-order valence-electron chi connectivity index (χ4n) is 3.29. The molecule has 2 atom stereocenters. The summed E-state index contributed by atoms with van der Waals surface area (Å²) in [6.07, 6.45) is 22.7. The van der Waals surface area contributed by atoms with E-state index in [1.54, 1.807) is 0 Å². The maximum atomic E-state index is 11.8. The molecule has 3 nitrogen and oxygen atoms in total. The smallest absolute Gasteiger partial charge is 0.220 e. The molecule has 0 aliphatic heterocycles. The molecule has 0 bridgehead atoms. The second-order valence-electron chi connectivity index (χ2n) is 8.05. The molecule has 0 aromatic rings. The van der Waals surface area contributed by atoms with Gasteiger partial charge in [-0.2, -0.15) is 0 Å². The normalized spacial score (nSPS) is 13.8. The lowest BCUT2D eigenvalue weighted by Crippen LogP contribution is -2.41. The van der Waals surface area contributed by atoms with Gasteiger partial charge in [-0.25, -0.2) is 0 Å². The number of carbonyl (C=O) groups excluding carboxylic acids is 1. The van der Waals surface area contributed by atoms with Gasteiger partial charge in [0.15, 0.2) is 0 Å². The first-order valence-corrected chi connectivity index (χ1v) is 11.7. The minimum Gasteiger partial charge on any atom is -0.391 e. The molecule has 0 heterocycles. The van der Waals surface area contributed by atoms with Gasteiger partial charge < -0.3 is 10.4 Å². The highest BCUT2D eigenvalue weighted by molar-refractivity contribution is 5.76. The van der Waals surface area contributed by atoms with Gasteiger partial charge >= 0.3 is 0 Å². The molecule has 0 fully saturated rings. The van der Waals surface area contributed by atoms with Crippen LogP contribution < -0.4 is 5.32 Å². The van der Waals surface area contributed by atoms with Crippen LogP contribution in [0.3, 0.4) is 0 Å². The number of unbranched alkanes of at least 4 members (excludes halogenated alkanes) is 11. The average molecular weight is 382 g/mol. The third kappa shape index (κ3) is 18.3. The average Bonchev–Trinajstić information content (AvgIpc) is 2.65. The number of nitrogens with one attached hydrogen (secondary N) is 1. The van der Waals surface area contributed by atoms with Crippen molar-refractivity contribution in [1.82, 2.24) is 5.32 Å². The maximum absolute atomic E-state index is 11.8. The summed E-state index contributed by atoms with van der Waals surface area (Å²) in [5.74, 6) is 0.0795. The van der Waals surface area contributed by atoms with E-state index in [9.17, 15) is 9.90 Å². The number of carbonyl (C=O) groups is 1. The van der Waals surface area contributed by atoms with Crippen LogP contribution in [-0.4, -0.2) is 23.2 Å². The van der Waals surface area contributed by atoms with E-state index in [-0.39, 0.29) is 11.9 Å². The molecule has 0 aliphatic carbocycles. The monoisotopic (exact) mass is 381 g/mol. The van der Waals surface area contributed by atoms with E-state index in [4.69, 9.17) is 0 Å². The molecule has 0 aromatic carbocycles. The summed E-state index contributed by atoms with van der Waals surface area (Å²) >= 11 is 0. The summed E-state index contributed by atoms with van der Waals surface area (Å²) in [5, 5.41) is 13.1. The predicted octanol–water partition coefficient (Wildman–Crippen LogP) is 6.69. The zero-order chi connectivity index (χ0) is 20.2. The molecule has 2 N–H and O–H groups in total. The van der Waals surface area contributed by atoms with Crippen LogP contribution in [-0.2, 0) is 4.79 Å². The maximum Gasteiger partial charge on any atom is 0.220 e. The van der Waals surface area contributed by atoms with Gasteiger partial charge in [-0.3, -0.25) is 4.79 Å². The Bertz CT molecular complexity index is 354. The molecule has 0 aromatic heterocycles. The summed E-state index contributed by atoms with van der Waals surface area (Å²) < 4.78 is 0. The molecule has 0 radical (unpaired) electrons. The summed E-state index contributed by atoms with van der Waals surface area (Å²) in [7, 11) is 0. The van der Waals surface area contributed by atoms with Crippen LogP contribution in [0.25, 0.3) is 0 Å². The Morgan fingerprint density at radius 3 is 2.04 bits per heavy atom. The van der Waals surface area contributed by atoms with Crippen LogP contribution in [0.1, 0.15) is 124 Å². The second kappa shape index (κ2) is 19.9. The number of aliphatic hydroxyl groups is 1. The van der Waals surface area contributed by atoms with Crippen molar-refractivity contribution in [2.24, 2.45) is 0 Å². The van der Waals surface area contributed by atoms with Gasteiger partial charge in [0, 0.05) is 6.42 Å². The molecule has 0 rings (SSSR count). The third-order valence-electron chi connectivity index (χ3n) is 5.22. The topological polar surface area (TPSA) is 49.3 Å². The van der Waals surface area contributed by atoms with Crippen molar-refractivity contribution in [3.05, 3.63) is 12.2 Å². The Morgan fingerprint density at radius 2 is 1.41 bits per heavy atom. The van der Waals surface area contributed by atoms with Crippen molar-refractivity contribution in [1.29, 1.82) is 0 Å². The predicted molar refractivity (Wildman–Crippen MR) is 118 cm³/mol. The lowest BCUT2D eigenvalue weighted by atomic mass is 10.0. The van der Waals surface area contributed by atoms with Crippen LogP contribution in [0.4, 0.5) is 0 Å². The summed E-state index contributed by atoms with van der Waals surface area (Å²) in [5.41, 5.74) is 0. The Kier molecular flexibility index (Phi) is 19.3. The molecular weight excluding hydrogens is 334 g/mol. The van der Waals surface area contributed by atoms with Gasteiger partial charge in [-0.05, 0) is 39.0 Å². The van der Waals surface area contributed by atoms with E-state index in [0.717, 1.165) is 32.1 Å². The molecule has 0 saturated carbocycles. The molecule has 0 saturated heterocycles. The van der Waals surface area contributed by atoms with E-state index in [1.807, 2.05) is 6.92 Å². The third-order valence-corrected chi connectivity index (χ3v) is 5.22. The summed E-state index contributed by atoms with van der Waals surface area (Å²) in [4.78, 5) is 11.8. The van der Waals surface area contributed by atoms with Crippen molar-refractivity contribution in [2.75, 3.05) is 0 Å². The fraction of sp³-hybridized carbons (Fsp3) is 0.875. The number of amides is 1. The van der Waals surface area contributed by atoms with Crippen molar-refractivity contribution in [3.8, 4) is 0 Å². The Labute approximate surface area is 169 Å². The van der Waals surface area contributed by atoms with Gasteiger partial charge in [-0.15, -0.1) is 0 Å². The molecule has 0 spiro atoms. The van der Waals surface area contributed by atoms with Crippen molar-refractivity contribution >= 4 is 5.91 Å². The van der Waals surface area contributed by atoms with Crippen LogP contribution in [0.2, 0.25) is 0 Å². The minimum absolute atomic E-state index is 0.0795. The Balaban J connectivity index is 3.44. The Hall–Kier alpha value is -0.830. The standard InChI is InChI=1S/C24H47NO2/c1-4-6-8-9-10-11-12-13-14-15-16-17-19-20-23(26)22(3)25-24(27)21-18-7-5-2/h8-9,22-23,26H,4-7,10-21H2,1-3H3,(H,25,27). The molecule has 160 valence electrons. The number of aliphatic hydroxyl groups excluding tert-OH is 1. The number of rotatable bonds is 19. The first-order valence-electron chi connectivity index (χ1n) is 11.7. The van der Waals surface area contributed by atoms with Gasteiger partial charge in [0.2, 0.25) is 5.91 Å². The van der Waals surface area contributed by atoms with Crippen molar-refractivity contribution in [3.63, 3.8) is 0 Å². The highest BCUT2D eigenvalue weighted by atomic mass is 16.3. The lowest BCUT2D eigenvalue weighted by Gasteiger charge is -2.20. The zero-order valence-corrected chi connectivity index (χ0v) is 18.5. The molecule has 1 amide bonds. The van der Waals surface area contributed by atoms with Crippen LogP contribution in [0.15, 0.2) is 12.2 Å². The van der Waals surface area contributed by atoms with Crippen LogP contribution in [0, 0.1) is 0 Å². The van der Waals surface area contributed by atoms with E-state index < -0.39 is 6.10 Å². The van der Waals surface area contributed by atoms with Gasteiger partial charge in [-0.1, -0.05) is 90.2 Å². The quantitative estimate of drug-likeness (QED) is 0.193. The fourth-order valence-corrected chi connectivity index (χ4v) is 3.29. The van der Waals surface area contributed by atoms with E-state index in [0.29, 0.717) is 6.42 Å². The van der Waals surface area contributed by atoms with Crippen molar-refractivity contribution < 1.29 is 9.90 Å².